The van der Waals surface area contributed by atoms with Crippen molar-refractivity contribution < 1.29 is 14.7 Å². The Balaban J connectivity index is 2.18. The van der Waals surface area contributed by atoms with Crippen LogP contribution in [0.2, 0.25) is 0 Å². The molecule has 5 heteroatoms. The third kappa shape index (κ3) is 2.82. The van der Waals surface area contributed by atoms with Crippen LogP contribution in [-0.4, -0.2) is 28.0 Å². The van der Waals surface area contributed by atoms with Crippen molar-refractivity contribution in [2.75, 3.05) is 0 Å². The summed E-state index contributed by atoms with van der Waals surface area (Å²) in [6.45, 7) is 3.53. The van der Waals surface area contributed by atoms with Gasteiger partial charge in [-0.25, -0.2) is 0 Å². The molecule has 3 N–H and O–H groups in total. The zero-order valence-electron chi connectivity index (χ0n) is 11.6. The van der Waals surface area contributed by atoms with Gasteiger partial charge in [-0.2, -0.15) is 0 Å². The largest absolute Gasteiger partial charge is 0.480 e. The Hall–Kier alpha value is -2.30. The molecule has 1 aromatic carbocycles. The van der Waals surface area contributed by atoms with E-state index < -0.39 is 12.0 Å². The molecule has 0 aliphatic rings. The zero-order valence-corrected chi connectivity index (χ0v) is 11.6. The van der Waals surface area contributed by atoms with Crippen LogP contribution in [0.1, 0.15) is 25.0 Å². The van der Waals surface area contributed by atoms with Crippen molar-refractivity contribution in [2.24, 2.45) is 0 Å². The number of amides is 1. The summed E-state index contributed by atoms with van der Waals surface area (Å²) in [5.41, 5.74) is 3.13. The highest BCUT2D eigenvalue weighted by Gasteiger charge is 2.15. The van der Waals surface area contributed by atoms with Crippen LogP contribution in [-0.2, 0) is 22.4 Å². The molecule has 0 radical (unpaired) electrons. The van der Waals surface area contributed by atoms with Crippen molar-refractivity contribution >= 4 is 22.8 Å². The molecule has 1 unspecified atom stereocenters. The van der Waals surface area contributed by atoms with Gasteiger partial charge in [-0.3, -0.25) is 9.59 Å². The minimum Gasteiger partial charge on any atom is -0.480 e. The summed E-state index contributed by atoms with van der Waals surface area (Å²) < 4.78 is 0. The Bertz CT molecular complexity index is 646. The molecule has 20 heavy (non-hydrogen) atoms. The molecule has 0 bridgehead atoms. The van der Waals surface area contributed by atoms with Crippen LogP contribution in [0.5, 0.6) is 0 Å². The number of carboxylic acids is 1. The fraction of sp³-hybridized carbons (Fsp3) is 0.333. The van der Waals surface area contributed by atoms with Crippen LogP contribution in [0.15, 0.2) is 24.4 Å². The highest BCUT2D eigenvalue weighted by molar-refractivity contribution is 5.91. The van der Waals surface area contributed by atoms with Gasteiger partial charge in [0.15, 0.2) is 0 Å². The number of carbonyl (C=O) groups excluding carboxylic acids is 1. The van der Waals surface area contributed by atoms with Gasteiger partial charge in [0.1, 0.15) is 6.04 Å². The van der Waals surface area contributed by atoms with Crippen LogP contribution >= 0.6 is 0 Å². The van der Waals surface area contributed by atoms with Gasteiger partial charge in [0.25, 0.3) is 0 Å². The van der Waals surface area contributed by atoms with Crippen LogP contribution < -0.4 is 5.32 Å². The smallest absolute Gasteiger partial charge is 0.325 e. The number of H-pyrrole nitrogens is 1. The summed E-state index contributed by atoms with van der Waals surface area (Å²) in [6, 6.07) is 5.11. The third-order valence-electron chi connectivity index (χ3n) is 3.37. The fourth-order valence-electron chi connectivity index (χ4n) is 2.24. The van der Waals surface area contributed by atoms with Crippen molar-refractivity contribution in [1.82, 2.24) is 10.3 Å². The van der Waals surface area contributed by atoms with Gasteiger partial charge < -0.3 is 15.4 Å². The van der Waals surface area contributed by atoms with Crippen molar-refractivity contribution in [3.8, 4) is 0 Å². The Morgan fingerprint density at radius 1 is 1.35 bits per heavy atom. The quantitative estimate of drug-likeness (QED) is 0.778. The molecule has 106 valence electrons. The second-order valence-electron chi connectivity index (χ2n) is 4.81. The second-order valence-corrected chi connectivity index (χ2v) is 4.81. The number of hydrogen-bond acceptors (Lipinski definition) is 2. The number of carboxylic acid groups (broad SMARTS) is 1. The van der Waals surface area contributed by atoms with Gasteiger partial charge >= 0.3 is 5.97 Å². The van der Waals surface area contributed by atoms with E-state index in [4.69, 9.17) is 5.11 Å². The zero-order chi connectivity index (χ0) is 14.7. The van der Waals surface area contributed by atoms with Crippen molar-refractivity contribution in [3.05, 3.63) is 35.5 Å². The topological polar surface area (TPSA) is 82.2 Å². The van der Waals surface area contributed by atoms with E-state index in [1.54, 1.807) is 0 Å². The lowest BCUT2D eigenvalue weighted by atomic mass is 10.1. The maximum Gasteiger partial charge on any atom is 0.325 e. The molecule has 1 heterocycles. The van der Waals surface area contributed by atoms with Gasteiger partial charge in [0, 0.05) is 17.1 Å². The average Bonchev–Trinajstić information content (AvgIpc) is 2.81. The van der Waals surface area contributed by atoms with Crippen LogP contribution in [0.3, 0.4) is 0 Å². The van der Waals surface area contributed by atoms with Gasteiger partial charge in [-0.15, -0.1) is 0 Å². The number of para-hydroxylation sites is 1. The molecule has 1 amide bonds. The van der Waals surface area contributed by atoms with E-state index in [0.717, 1.165) is 22.9 Å². The highest BCUT2D eigenvalue weighted by Crippen LogP contribution is 2.22. The molecule has 0 fully saturated rings. The average molecular weight is 274 g/mol. The maximum atomic E-state index is 11.8. The fourth-order valence-corrected chi connectivity index (χ4v) is 2.24. The minimum atomic E-state index is -1.04. The predicted molar refractivity (Wildman–Crippen MR) is 76.6 cm³/mol. The monoisotopic (exact) mass is 274 g/mol. The standard InChI is InChI=1S/C15H18N2O3/c1-3-10-5-4-6-12-11(8-16-14(10)12)7-13(18)17-9(2)15(19)20/h4-6,8-9,16H,3,7H2,1-2H3,(H,17,18)(H,19,20). The van der Waals surface area contributed by atoms with Crippen molar-refractivity contribution in [3.63, 3.8) is 0 Å². The Morgan fingerprint density at radius 2 is 2.10 bits per heavy atom. The number of fused-ring (bicyclic) bond motifs is 1. The number of aryl methyl sites for hydroxylation is 1. The Kier molecular flexibility index (Phi) is 4.08. The number of aliphatic carboxylic acids is 1. The normalized spacial score (nSPS) is 12.3. The number of carbonyl (C=O) groups is 2. The molecule has 0 aliphatic heterocycles. The molecular weight excluding hydrogens is 256 g/mol. The van der Waals surface area contributed by atoms with Gasteiger partial charge in [0.2, 0.25) is 5.91 Å². The first-order valence-electron chi connectivity index (χ1n) is 6.63. The molecule has 0 aliphatic carbocycles. The summed E-state index contributed by atoms with van der Waals surface area (Å²) in [6.07, 6.45) is 2.90. The maximum absolute atomic E-state index is 11.8. The first-order chi connectivity index (χ1) is 9.52. The summed E-state index contributed by atoms with van der Waals surface area (Å²) in [7, 11) is 0. The van der Waals surface area contributed by atoms with Crippen molar-refractivity contribution in [2.45, 2.75) is 32.7 Å². The molecule has 0 saturated heterocycles. The van der Waals surface area contributed by atoms with Crippen LogP contribution in [0, 0.1) is 0 Å². The Labute approximate surface area is 117 Å². The van der Waals surface area contributed by atoms with Gasteiger partial charge in [-0.1, -0.05) is 25.1 Å². The number of aromatic amines is 1. The number of hydrogen-bond donors (Lipinski definition) is 3. The van der Waals surface area contributed by atoms with E-state index in [9.17, 15) is 9.59 Å². The summed E-state index contributed by atoms with van der Waals surface area (Å²) in [5, 5.41) is 12.3. The van der Waals surface area contributed by atoms with Gasteiger partial charge in [-0.05, 0) is 24.5 Å². The number of nitrogens with one attached hydrogen (secondary N) is 2. The third-order valence-corrected chi connectivity index (χ3v) is 3.37. The summed E-state index contributed by atoms with van der Waals surface area (Å²) >= 11 is 0. The lowest BCUT2D eigenvalue weighted by molar-refractivity contribution is -0.141. The van der Waals surface area contributed by atoms with Crippen molar-refractivity contribution in [1.29, 1.82) is 0 Å². The summed E-state index contributed by atoms with van der Waals surface area (Å²) in [4.78, 5) is 25.7. The number of benzene rings is 1. The van der Waals surface area contributed by atoms with E-state index in [1.807, 2.05) is 18.3 Å². The van der Waals surface area contributed by atoms with E-state index >= 15 is 0 Å². The molecule has 0 saturated carbocycles. The molecule has 0 spiro atoms. The predicted octanol–water partition coefficient (Wildman–Crippen LogP) is 1.86. The highest BCUT2D eigenvalue weighted by atomic mass is 16.4. The first-order valence-corrected chi connectivity index (χ1v) is 6.63. The number of rotatable bonds is 5. The van der Waals surface area contributed by atoms with E-state index in [1.165, 1.54) is 12.5 Å². The SMILES string of the molecule is CCc1cccc2c(CC(=O)NC(C)C(=O)O)c[nH]c12. The van der Waals surface area contributed by atoms with E-state index in [2.05, 4.69) is 23.3 Å². The Morgan fingerprint density at radius 3 is 2.75 bits per heavy atom. The number of aromatic nitrogens is 1. The van der Waals surface area contributed by atoms with E-state index in [-0.39, 0.29) is 12.3 Å². The van der Waals surface area contributed by atoms with Gasteiger partial charge in [0.05, 0.1) is 6.42 Å². The summed E-state index contributed by atoms with van der Waals surface area (Å²) in [5.74, 6) is -1.33. The molecular formula is C15H18N2O3. The molecule has 1 aromatic heterocycles. The van der Waals surface area contributed by atoms with E-state index in [0.29, 0.717) is 0 Å². The molecule has 5 nitrogen and oxygen atoms in total. The molecule has 2 rings (SSSR count). The lowest BCUT2D eigenvalue weighted by Gasteiger charge is -2.08. The molecule has 1 atom stereocenters. The molecule has 2 aromatic rings. The lowest BCUT2D eigenvalue weighted by Crippen LogP contribution is -2.39. The van der Waals surface area contributed by atoms with Crippen LogP contribution in [0.4, 0.5) is 0 Å². The second kappa shape index (κ2) is 5.77. The minimum absolute atomic E-state index is 0.171. The first kappa shape index (κ1) is 14.1. The van der Waals surface area contributed by atoms with Crippen LogP contribution in [0.25, 0.3) is 10.9 Å².